The van der Waals surface area contributed by atoms with Crippen LogP contribution in [0.2, 0.25) is 0 Å². The number of rotatable bonds is 7. The molecule has 21 heavy (non-hydrogen) atoms. The molecule has 1 aliphatic heterocycles. The number of nitrogens with zero attached hydrogens (tertiary/aromatic N) is 1. The van der Waals surface area contributed by atoms with E-state index in [1.807, 2.05) is 0 Å². The summed E-state index contributed by atoms with van der Waals surface area (Å²) in [4.78, 5) is 10.6. The maximum Gasteiger partial charge on any atom is 0.292 e. The summed E-state index contributed by atoms with van der Waals surface area (Å²) in [7, 11) is 0. The lowest BCUT2D eigenvalue weighted by molar-refractivity contribution is -0.384. The van der Waals surface area contributed by atoms with Gasteiger partial charge in [-0.1, -0.05) is 15.9 Å². The van der Waals surface area contributed by atoms with Crippen molar-refractivity contribution in [3.8, 4) is 0 Å². The number of halogens is 1. The van der Waals surface area contributed by atoms with Crippen LogP contribution in [0.1, 0.15) is 19.3 Å². The molecule has 1 aromatic carbocycles. The fraction of sp³-hybridized carbons (Fsp3) is 0.571. The van der Waals surface area contributed by atoms with Crippen LogP contribution in [0.15, 0.2) is 22.7 Å². The van der Waals surface area contributed by atoms with Gasteiger partial charge in [-0.15, -0.1) is 0 Å². The number of nitro groups is 1. The highest BCUT2D eigenvalue weighted by Gasteiger charge is 2.14. The summed E-state index contributed by atoms with van der Waals surface area (Å²) in [5.74, 6) is 0. The van der Waals surface area contributed by atoms with E-state index in [-0.39, 0.29) is 10.6 Å². The Labute approximate surface area is 132 Å². The Hall–Kier alpha value is -1.18. The highest BCUT2D eigenvalue weighted by Crippen LogP contribution is 2.27. The topological polar surface area (TPSA) is 76.4 Å². The zero-order valence-corrected chi connectivity index (χ0v) is 13.4. The molecule has 1 aromatic rings. The molecule has 0 unspecified atom stereocenters. The summed E-state index contributed by atoms with van der Waals surface area (Å²) >= 11 is 3.33. The van der Waals surface area contributed by atoms with Crippen molar-refractivity contribution < 1.29 is 9.66 Å². The molecule has 1 fully saturated rings. The van der Waals surface area contributed by atoms with E-state index >= 15 is 0 Å². The number of benzene rings is 1. The van der Waals surface area contributed by atoms with Crippen LogP contribution in [-0.2, 0) is 4.74 Å². The number of hydrogen-bond acceptors (Lipinski definition) is 5. The van der Waals surface area contributed by atoms with E-state index in [1.165, 1.54) is 6.07 Å². The molecule has 0 amide bonds. The van der Waals surface area contributed by atoms with Crippen molar-refractivity contribution in [2.75, 3.05) is 31.6 Å². The minimum Gasteiger partial charge on any atom is -0.379 e. The fourth-order valence-electron chi connectivity index (χ4n) is 2.32. The summed E-state index contributed by atoms with van der Waals surface area (Å²) in [5.41, 5.74) is 0.633. The SMILES string of the molecule is O=[N+]([O-])c1ccc(Br)cc1NCCCOC1CCNCC1. The van der Waals surface area contributed by atoms with Gasteiger partial charge in [-0.3, -0.25) is 10.1 Å². The highest BCUT2D eigenvalue weighted by atomic mass is 79.9. The second-order valence-electron chi connectivity index (χ2n) is 5.02. The van der Waals surface area contributed by atoms with E-state index in [9.17, 15) is 10.1 Å². The number of nitro benzene ring substituents is 1. The Balaban J connectivity index is 1.73. The molecular formula is C14H20BrN3O3. The summed E-state index contributed by atoms with van der Waals surface area (Å²) < 4.78 is 6.62. The molecule has 2 rings (SSSR count). The molecule has 0 aromatic heterocycles. The Morgan fingerprint density at radius 3 is 2.90 bits per heavy atom. The largest absolute Gasteiger partial charge is 0.379 e. The first-order chi connectivity index (χ1) is 10.2. The standard InChI is InChI=1S/C14H20BrN3O3/c15-11-2-3-14(18(19)20)13(10-11)17-6-1-9-21-12-4-7-16-8-5-12/h2-3,10,12,16-17H,1,4-9H2. The highest BCUT2D eigenvalue weighted by molar-refractivity contribution is 9.10. The van der Waals surface area contributed by atoms with Gasteiger partial charge in [-0.05, 0) is 44.5 Å². The molecule has 0 bridgehead atoms. The van der Waals surface area contributed by atoms with Gasteiger partial charge in [0.1, 0.15) is 5.69 Å². The van der Waals surface area contributed by atoms with Crippen LogP contribution in [0.5, 0.6) is 0 Å². The minimum absolute atomic E-state index is 0.0949. The number of ether oxygens (including phenoxy) is 1. The predicted molar refractivity (Wildman–Crippen MR) is 85.7 cm³/mol. The van der Waals surface area contributed by atoms with Gasteiger partial charge < -0.3 is 15.4 Å². The quantitative estimate of drug-likeness (QED) is 0.445. The Morgan fingerprint density at radius 2 is 2.19 bits per heavy atom. The number of anilines is 1. The molecule has 1 aliphatic rings. The first kappa shape index (κ1) is 16.2. The van der Waals surface area contributed by atoms with E-state index in [0.29, 0.717) is 24.9 Å². The maximum atomic E-state index is 10.9. The minimum atomic E-state index is -0.375. The number of nitrogens with one attached hydrogen (secondary N) is 2. The van der Waals surface area contributed by atoms with E-state index < -0.39 is 0 Å². The smallest absolute Gasteiger partial charge is 0.292 e. The molecule has 0 saturated carbocycles. The van der Waals surface area contributed by atoms with Gasteiger partial charge in [0.15, 0.2) is 0 Å². The molecule has 0 atom stereocenters. The van der Waals surface area contributed by atoms with Crippen molar-refractivity contribution in [1.82, 2.24) is 5.32 Å². The van der Waals surface area contributed by atoms with Crippen molar-refractivity contribution in [3.05, 3.63) is 32.8 Å². The summed E-state index contributed by atoms with van der Waals surface area (Å²) in [5, 5.41) is 17.4. The molecule has 0 spiro atoms. The first-order valence-electron chi connectivity index (χ1n) is 7.17. The van der Waals surface area contributed by atoms with Crippen LogP contribution in [0.3, 0.4) is 0 Å². The fourth-order valence-corrected chi connectivity index (χ4v) is 2.68. The maximum absolute atomic E-state index is 10.9. The first-order valence-corrected chi connectivity index (χ1v) is 7.96. The molecule has 0 aliphatic carbocycles. The molecule has 1 heterocycles. The molecule has 6 nitrogen and oxygen atoms in total. The average Bonchev–Trinajstić information content (AvgIpc) is 2.48. The molecule has 7 heteroatoms. The van der Waals surface area contributed by atoms with Crippen LogP contribution in [0.25, 0.3) is 0 Å². The van der Waals surface area contributed by atoms with Crippen molar-refractivity contribution in [2.45, 2.75) is 25.4 Å². The van der Waals surface area contributed by atoms with Gasteiger partial charge >= 0.3 is 0 Å². The van der Waals surface area contributed by atoms with Crippen LogP contribution in [0.4, 0.5) is 11.4 Å². The van der Waals surface area contributed by atoms with Gasteiger partial charge in [0.2, 0.25) is 0 Å². The van der Waals surface area contributed by atoms with Gasteiger partial charge in [-0.2, -0.15) is 0 Å². The van der Waals surface area contributed by atoms with Crippen LogP contribution < -0.4 is 10.6 Å². The Bertz CT molecular complexity index is 479. The summed E-state index contributed by atoms with van der Waals surface area (Å²) in [6.45, 7) is 3.38. The van der Waals surface area contributed by atoms with Gasteiger partial charge in [-0.25, -0.2) is 0 Å². The van der Waals surface area contributed by atoms with Crippen LogP contribution >= 0.6 is 15.9 Å². The van der Waals surface area contributed by atoms with E-state index in [2.05, 4.69) is 26.6 Å². The second kappa shape index (κ2) is 8.31. The van der Waals surface area contributed by atoms with Crippen molar-refractivity contribution in [2.24, 2.45) is 0 Å². The Morgan fingerprint density at radius 1 is 1.43 bits per heavy atom. The van der Waals surface area contributed by atoms with E-state index in [4.69, 9.17) is 4.74 Å². The van der Waals surface area contributed by atoms with Gasteiger partial charge in [0.25, 0.3) is 5.69 Å². The van der Waals surface area contributed by atoms with Crippen LogP contribution in [-0.4, -0.2) is 37.3 Å². The van der Waals surface area contributed by atoms with Crippen molar-refractivity contribution in [1.29, 1.82) is 0 Å². The van der Waals surface area contributed by atoms with E-state index in [0.717, 1.165) is 36.8 Å². The lowest BCUT2D eigenvalue weighted by Gasteiger charge is -2.22. The number of hydrogen-bond donors (Lipinski definition) is 2. The van der Waals surface area contributed by atoms with Crippen LogP contribution in [0, 0.1) is 10.1 Å². The molecular weight excluding hydrogens is 338 g/mol. The monoisotopic (exact) mass is 357 g/mol. The normalized spacial score (nSPS) is 15.9. The van der Waals surface area contributed by atoms with Crippen molar-refractivity contribution in [3.63, 3.8) is 0 Å². The zero-order valence-electron chi connectivity index (χ0n) is 11.8. The summed E-state index contributed by atoms with van der Waals surface area (Å²) in [6.07, 6.45) is 3.30. The summed E-state index contributed by atoms with van der Waals surface area (Å²) in [6, 6.07) is 4.90. The Kier molecular flexibility index (Phi) is 6.41. The molecule has 116 valence electrons. The third kappa shape index (κ3) is 5.26. The van der Waals surface area contributed by atoms with E-state index in [1.54, 1.807) is 12.1 Å². The van der Waals surface area contributed by atoms with Crippen molar-refractivity contribution >= 4 is 27.3 Å². The van der Waals surface area contributed by atoms with Gasteiger partial charge in [0, 0.05) is 23.7 Å². The second-order valence-corrected chi connectivity index (χ2v) is 5.93. The number of piperidine rings is 1. The lowest BCUT2D eigenvalue weighted by atomic mass is 10.1. The predicted octanol–water partition coefficient (Wildman–Crippen LogP) is 2.93. The average molecular weight is 358 g/mol. The lowest BCUT2D eigenvalue weighted by Crippen LogP contribution is -2.32. The zero-order chi connectivity index (χ0) is 15.1. The molecule has 1 saturated heterocycles. The third-order valence-electron chi connectivity index (χ3n) is 3.43. The van der Waals surface area contributed by atoms with Gasteiger partial charge in [0.05, 0.1) is 11.0 Å². The molecule has 2 N–H and O–H groups in total. The molecule has 0 radical (unpaired) electrons. The third-order valence-corrected chi connectivity index (χ3v) is 3.92.